The molecular weight excluding hydrogens is 392 g/mol. The first-order valence-electron chi connectivity index (χ1n) is 8.33. The molecular formula is C18H15F2N3O2S2. The second kappa shape index (κ2) is 7.05. The highest BCUT2D eigenvalue weighted by Crippen LogP contribution is 2.35. The number of carbonyl (C=O) groups is 1. The van der Waals surface area contributed by atoms with Gasteiger partial charge in [0.15, 0.2) is 5.16 Å². The molecule has 0 radical (unpaired) electrons. The number of thioether (sulfide) groups is 1. The lowest BCUT2D eigenvalue weighted by Gasteiger charge is -2.09. The van der Waals surface area contributed by atoms with Gasteiger partial charge in [0, 0.05) is 18.0 Å². The quantitative estimate of drug-likeness (QED) is 0.531. The predicted octanol–water partition coefficient (Wildman–Crippen LogP) is 3.49. The highest BCUT2D eigenvalue weighted by Gasteiger charge is 2.22. The number of rotatable bonds is 4. The molecule has 1 aliphatic carbocycles. The number of thiophene rings is 1. The Morgan fingerprint density at radius 1 is 1.37 bits per heavy atom. The molecule has 4 rings (SSSR count). The van der Waals surface area contributed by atoms with Crippen LogP contribution < -0.4 is 10.9 Å². The Morgan fingerprint density at radius 3 is 3.00 bits per heavy atom. The fraction of sp³-hybridized carbons (Fsp3) is 0.278. The van der Waals surface area contributed by atoms with E-state index in [1.165, 1.54) is 20.8 Å². The number of nitrogens with one attached hydrogen (secondary N) is 1. The van der Waals surface area contributed by atoms with Crippen molar-refractivity contribution in [2.45, 2.75) is 24.4 Å². The van der Waals surface area contributed by atoms with Gasteiger partial charge >= 0.3 is 0 Å². The molecule has 0 fully saturated rings. The average Bonchev–Trinajstić information content (AvgIpc) is 3.20. The molecule has 1 N–H and O–H groups in total. The van der Waals surface area contributed by atoms with Gasteiger partial charge in [0.25, 0.3) is 5.56 Å². The molecule has 3 aromatic rings. The molecule has 27 heavy (non-hydrogen) atoms. The van der Waals surface area contributed by atoms with Crippen molar-refractivity contribution in [2.24, 2.45) is 7.05 Å². The molecule has 1 amide bonds. The molecule has 2 heterocycles. The molecule has 9 heteroatoms. The third-order valence-corrected chi connectivity index (χ3v) is 6.66. The van der Waals surface area contributed by atoms with Crippen molar-refractivity contribution in [1.29, 1.82) is 0 Å². The van der Waals surface area contributed by atoms with Gasteiger partial charge in [0.05, 0.1) is 16.8 Å². The van der Waals surface area contributed by atoms with Gasteiger partial charge in [0.1, 0.15) is 16.5 Å². The zero-order valence-electron chi connectivity index (χ0n) is 14.3. The van der Waals surface area contributed by atoms with Crippen LogP contribution in [-0.2, 0) is 24.7 Å². The Kier molecular flexibility index (Phi) is 4.73. The first-order valence-corrected chi connectivity index (χ1v) is 10.1. The van der Waals surface area contributed by atoms with Crippen LogP contribution in [0.25, 0.3) is 10.2 Å². The normalized spacial score (nSPS) is 13.1. The van der Waals surface area contributed by atoms with Crippen molar-refractivity contribution in [2.75, 3.05) is 11.1 Å². The number of benzene rings is 1. The average molecular weight is 407 g/mol. The van der Waals surface area contributed by atoms with E-state index in [4.69, 9.17) is 0 Å². The van der Waals surface area contributed by atoms with E-state index in [0.29, 0.717) is 15.4 Å². The zero-order valence-corrected chi connectivity index (χ0v) is 16.0. The molecule has 0 saturated carbocycles. The molecule has 0 unspecified atom stereocenters. The van der Waals surface area contributed by atoms with Crippen LogP contribution in [0, 0.1) is 11.6 Å². The summed E-state index contributed by atoms with van der Waals surface area (Å²) in [5.41, 5.74) is 0.782. The van der Waals surface area contributed by atoms with Crippen LogP contribution in [0.1, 0.15) is 16.9 Å². The number of halogens is 2. The van der Waals surface area contributed by atoms with Crippen molar-refractivity contribution in [3.05, 3.63) is 50.6 Å². The lowest BCUT2D eigenvalue weighted by molar-refractivity contribution is -0.113. The number of anilines is 1. The number of carbonyl (C=O) groups excluding carboxylic acids is 1. The minimum absolute atomic E-state index is 0.0766. The molecule has 0 atom stereocenters. The van der Waals surface area contributed by atoms with Gasteiger partial charge in [-0.15, -0.1) is 11.3 Å². The van der Waals surface area contributed by atoms with Gasteiger partial charge < -0.3 is 5.32 Å². The molecule has 2 aromatic heterocycles. The summed E-state index contributed by atoms with van der Waals surface area (Å²) in [6.07, 6.45) is 2.94. The topological polar surface area (TPSA) is 64.0 Å². The summed E-state index contributed by atoms with van der Waals surface area (Å²) in [4.78, 5) is 31.3. The number of nitrogens with zero attached hydrogens (tertiary/aromatic N) is 2. The van der Waals surface area contributed by atoms with E-state index >= 15 is 0 Å². The van der Waals surface area contributed by atoms with Crippen LogP contribution >= 0.6 is 23.1 Å². The first kappa shape index (κ1) is 18.1. The van der Waals surface area contributed by atoms with Crippen molar-refractivity contribution in [3.8, 4) is 0 Å². The van der Waals surface area contributed by atoms with E-state index in [9.17, 15) is 18.4 Å². The Morgan fingerprint density at radius 2 is 2.19 bits per heavy atom. The minimum Gasteiger partial charge on any atom is -0.323 e. The number of fused-ring (bicyclic) bond motifs is 3. The van der Waals surface area contributed by atoms with E-state index in [0.717, 1.165) is 54.8 Å². The molecule has 0 saturated heterocycles. The van der Waals surface area contributed by atoms with Gasteiger partial charge in [-0.3, -0.25) is 14.2 Å². The maximum absolute atomic E-state index is 13.6. The number of aromatic nitrogens is 2. The van der Waals surface area contributed by atoms with E-state index in [-0.39, 0.29) is 17.0 Å². The van der Waals surface area contributed by atoms with E-state index in [1.54, 1.807) is 7.05 Å². The van der Waals surface area contributed by atoms with E-state index in [2.05, 4.69) is 10.3 Å². The molecule has 5 nitrogen and oxygen atoms in total. The highest BCUT2D eigenvalue weighted by molar-refractivity contribution is 7.99. The smallest absolute Gasteiger partial charge is 0.262 e. The van der Waals surface area contributed by atoms with Crippen LogP contribution in [0.3, 0.4) is 0 Å². The molecule has 0 bridgehead atoms. The van der Waals surface area contributed by atoms with Gasteiger partial charge in [-0.05, 0) is 37.0 Å². The summed E-state index contributed by atoms with van der Waals surface area (Å²) in [5, 5.41) is 3.44. The molecule has 1 aliphatic rings. The monoisotopic (exact) mass is 407 g/mol. The van der Waals surface area contributed by atoms with E-state index in [1.807, 2.05) is 0 Å². The lowest BCUT2D eigenvalue weighted by Crippen LogP contribution is -2.21. The Labute approximate surface area is 161 Å². The number of hydrogen-bond acceptors (Lipinski definition) is 5. The van der Waals surface area contributed by atoms with Crippen molar-refractivity contribution in [1.82, 2.24) is 9.55 Å². The zero-order chi connectivity index (χ0) is 19.1. The Bertz CT molecular complexity index is 1120. The SMILES string of the molecule is Cn1c(SCC(=O)Nc2cc(F)ccc2F)nc2sc3c(c2c1=O)CCC3. The summed E-state index contributed by atoms with van der Waals surface area (Å²) in [6.45, 7) is 0. The van der Waals surface area contributed by atoms with Crippen LogP contribution in [-0.4, -0.2) is 21.2 Å². The van der Waals surface area contributed by atoms with Crippen molar-refractivity contribution in [3.63, 3.8) is 0 Å². The summed E-state index contributed by atoms with van der Waals surface area (Å²) in [7, 11) is 1.63. The fourth-order valence-electron chi connectivity index (χ4n) is 3.14. The summed E-state index contributed by atoms with van der Waals surface area (Å²) < 4.78 is 28.3. The number of aryl methyl sites for hydroxylation is 2. The minimum atomic E-state index is -0.713. The van der Waals surface area contributed by atoms with Gasteiger partial charge in [-0.1, -0.05) is 11.8 Å². The molecule has 0 spiro atoms. The highest BCUT2D eigenvalue weighted by atomic mass is 32.2. The summed E-state index contributed by atoms with van der Waals surface area (Å²) in [5.74, 6) is -1.94. The summed E-state index contributed by atoms with van der Waals surface area (Å²) in [6, 6.07) is 2.85. The van der Waals surface area contributed by atoms with Crippen molar-refractivity contribution >= 4 is 44.9 Å². The number of hydrogen-bond donors (Lipinski definition) is 1. The van der Waals surface area contributed by atoms with Crippen LogP contribution in [0.15, 0.2) is 28.2 Å². The second-order valence-electron chi connectivity index (χ2n) is 6.26. The Balaban J connectivity index is 1.54. The van der Waals surface area contributed by atoms with Crippen LogP contribution in [0.5, 0.6) is 0 Å². The van der Waals surface area contributed by atoms with E-state index < -0.39 is 17.5 Å². The molecule has 0 aliphatic heterocycles. The maximum atomic E-state index is 13.6. The van der Waals surface area contributed by atoms with Crippen LogP contribution in [0.4, 0.5) is 14.5 Å². The lowest BCUT2D eigenvalue weighted by atomic mass is 10.2. The fourth-order valence-corrected chi connectivity index (χ4v) is 5.22. The maximum Gasteiger partial charge on any atom is 0.262 e. The van der Waals surface area contributed by atoms with Crippen molar-refractivity contribution < 1.29 is 13.6 Å². The largest absolute Gasteiger partial charge is 0.323 e. The first-order chi connectivity index (χ1) is 12.9. The Hall–Kier alpha value is -2.26. The second-order valence-corrected chi connectivity index (χ2v) is 8.28. The third kappa shape index (κ3) is 3.37. The standard InChI is InChI=1S/C18H15F2N3O2S2/c1-23-17(25)15-10-3-2-4-13(10)27-16(15)22-18(23)26-8-14(24)21-12-7-9(19)5-6-11(12)20/h5-7H,2-4,8H2,1H3,(H,21,24). The third-order valence-electron chi connectivity index (χ3n) is 4.44. The molecule has 1 aromatic carbocycles. The van der Waals surface area contributed by atoms with Crippen LogP contribution in [0.2, 0.25) is 0 Å². The molecule has 140 valence electrons. The number of amides is 1. The van der Waals surface area contributed by atoms with Gasteiger partial charge in [-0.2, -0.15) is 0 Å². The van der Waals surface area contributed by atoms with Gasteiger partial charge in [-0.25, -0.2) is 13.8 Å². The van der Waals surface area contributed by atoms with Gasteiger partial charge in [0.2, 0.25) is 5.91 Å². The predicted molar refractivity (Wildman–Crippen MR) is 103 cm³/mol. The summed E-state index contributed by atoms with van der Waals surface area (Å²) >= 11 is 2.62.